The molecule has 3 rings (SSSR count). The lowest BCUT2D eigenvalue weighted by molar-refractivity contribution is 0.171. The predicted molar refractivity (Wildman–Crippen MR) is 95.1 cm³/mol. The Kier molecular flexibility index (Phi) is 4.51. The van der Waals surface area contributed by atoms with Crippen LogP contribution in [0.2, 0.25) is 0 Å². The fourth-order valence-corrected chi connectivity index (χ4v) is 4.43. The van der Waals surface area contributed by atoms with Crippen LogP contribution in [-0.4, -0.2) is 21.6 Å². The summed E-state index contributed by atoms with van der Waals surface area (Å²) in [4.78, 5) is 0.107. The van der Waals surface area contributed by atoms with Gasteiger partial charge in [-0.3, -0.25) is 4.72 Å². The van der Waals surface area contributed by atoms with Crippen LogP contribution in [0, 0.1) is 3.57 Å². The molecule has 0 amide bonds. The number of ether oxygens (including phenoxy) is 2. The molecule has 0 spiro atoms. The van der Waals surface area contributed by atoms with Crippen LogP contribution in [0.3, 0.4) is 0 Å². The van der Waals surface area contributed by atoms with Crippen molar-refractivity contribution in [3.63, 3.8) is 0 Å². The molecule has 2 aromatic carbocycles. The Morgan fingerprint density at radius 1 is 1.05 bits per heavy atom. The SMILES string of the molecule is O=S(=O)(Nc1ccc(I)cc1)c1cc2c(cc1Br)OCCO2. The lowest BCUT2D eigenvalue weighted by Crippen LogP contribution is -2.18. The highest BCUT2D eigenvalue weighted by atomic mass is 127. The second-order valence-electron chi connectivity index (χ2n) is 4.54. The van der Waals surface area contributed by atoms with Crippen molar-refractivity contribution in [1.82, 2.24) is 0 Å². The number of benzene rings is 2. The summed E-state index contributed by atoms with van der Waals surface area (Å²) in [5.74, 6) is 0.962. The molecule has 2 aromatic rings. The number of rotatable bonds is 3. The molecule has 0 unspecified atom stereocenters. The number of nitrogens with one attached hydrogen (secondary N) is 1. The number of fused-ring (bicyclic) bond motifs is 1. The molecule has 1 aliphatic rings. The number of anilines is 1. The highest BCUT2D eigenvalue weighted by Crippen LogP contribution is 2.37. The minimum absolute atomic E-state index is 0.107. The van der Waals surface area contributed by atoms with Gasteiger partial charge in [-0.2, -0.15) is 0 Å². The van der Waals surface area contributed by atoms with Crippen LogP contribution in [0.4, 0.5) is 5.69 Å². The Morgan fingerprint density at radius 2 is 1.64 bits per heavy atom. The van der Waals surface area contributed by atoms with E-state index in [-0.39, 0.29) is 4.90 Å². The molecule has 1 N–H and O–H groups in total. The monoisotopic (exact) mass is 495 g/mol. The maximum absolute atomic E-state index is 12.6. The topological polar surface area (TPSA) is 64.6 Å². The van der Waals surface area contributed by atoms with Gasteiger partial charge in [-0.25, -0.2) is 8.42 Å². The Hall–Kier alpha value is -1.00. The van der Waals surface area contributed by atoms with Gasteiger partial charge in [-0.15, -0.1) is 0 Å². The van der Waals surface area contributed by atoms with Gasteiger partial charge < -0.3 is 9.47 Å². The van der Waals surface area contributed by atoms with Crippen LogP contribution >= 0.6 is 38.5 Å². The molecular formula is C14H11BrINO4S. The summed E-state index contributed by atoms with van der Waals surface area (Å²) in [6.45, 7) is 0.852. The van der Waals surface area contributed by atoms with Crippen molar-refractivity contribution in [3.05, 3.63) is 44.4 Å². The van der Waals surface area contributed by atoms with Crippen LogP contribution in [0.1, 0.15) is 0 Å². The van der Waals surface area contributed by atoms with Gasteiger partial charge in [-0.1, -0.05) is 0 Å². The second kappa shape index (κ2) is 6.25. The van der Waals surface area contributed by atoms with Crippen molar-refractivity contribution >= 4 is 54.2 Å². The Labute approximate surface area is 150 Å². The van der Waals surface area contributed by atoms with Gasteiger partial charge >= 0.3 is 0 Å². The van der Waals surface area contributed by atoms with Crippen LogP contribution < -0.4 is 14.2 Å². The third-order valence-corrected chi connectivity index (χ3v) is 6.04. The van der Waals surface area contributed by atoms with Crippen molar-refractivity contribution in [2.24, 2.45) is 0 Å². The first kappa shape index (κ1) is 15.9. The van der Waals surface area contributed by atoms with Crippen LogP contribution in [0.15, 0.2) is 45.8 Å². The second-order valence-corrected chi connectivity index (χ2v) is 8.29. The van der Waals surface area contributed by atoms with Gasteiger partial charge in [0.1, 0.15) is 18.1 Å². The molecule has 0 aliphatic carbocycles. The van der Waals surface area contributed by atoms with E-state index in [1.165, 1.54) is 6.07 Å². The quantitative estimate of drug-likeness (QED) is 0.660. The first-order valence-electron chi connectivity index (χ1n) is 6.33. The summed E-state index contributed by atoms with van der Waals surface area (Å²) in [6.07, 6.45) is 0. The highest BCUT2D eigenvalue weighted by Gasteiger charge is 2.23. The molecule has 0 fully saturated rings. The molecule has 8 heteroatoms. The van der Waals surface area contributed by atoms with Crippen LogP contribution in [-0.2, 0) is 10.0 Å². The van der Waals surface area contributed by atoms with E-state index in [0.717, 1.165) is 3.57 Å². The minimum atomic E-state index is -3.73. The van der Waals surface area contributed by atoms with E-state index in [4.69, 9.17) is 9.47 Å². The number of sulfonamides is 1. The summed E-state index contributed by atoms with van der Waals surface area (Å²) in [5, 5.41) is 0. The number of hydrogen-bond donors (Lipinski definition) is 1. The van der Waals surface area contributed by atoms with Crippen molar-refractivity contribution < 1.29 is 17.9 Å². The third kappa shape index (κ3) is 3.33. The van der Waals surface area contributed by atoms with Gasteiger partial charge in [0, 0.05) is 19.8 Å². The molecule has 1 heterocycles. The molecule has 0 atom stereocenters. The average molecular weight is 496 g/mol. The zero-order valence-corrected chi connectivity index (χ0v) is 15.7. The number of halogens is 2. The summed E-state index contributed by atoms with van der Waals surface area (Å²) in [6, 6.07) is 10.2. The molecule has 0 bridgehead atoms. The molecule has 22 heavy (non-hydrogen) atoms. The van der Waals surface area contributed by atoms with E-state index in [1.807, 2.05) is 12.1 Å². The smallest absolute Gasteiger partial charge is 0.263 e. The van der Waals surface area contributed by atoms with Crippen molar-refractivity contribution in [2.45, 2.75) is 4.90 Å². The molecule has 0 saturated carbocycles. The Bertz CT molecular complexity index is 808. The lowest BCUT2D eigenvalue weighted by Gasteiger charge is -2.20. The molecule has 1 aliphatic heterocycles. The summed E-state index contributed by atoms with van der Waals surface area (Å²) < 4.78 is 40.0. The molecule has 0 radical (unpaired) electrons. The largest absolute Gasteiger partial charge is 0.486 e. The van der Waals surface area contributed by atoms with Gasteiger partial charge in [0.25, 0.3) is 10.0 Å². The standard InChI is InChI=1S/C14H11BrINO4S/c15-11-7-12-13(21-6-5-20-12)8-14(11)22(18,19)17-10-3-1-9(16)2-4-10/h1-4,7-8,17H,5-6H2. The van der Waals surface area contributed by atoms with Crippen molar-refractivity contribution in [2.75, 3.05) is 17.9 Å². The fourth-order valence-electron chi connectivity index (χ4n) is 1.98. The van der Waals surface area contributed by atoms with E-state index < -0.39 is 10.0 Å². The van der Waals surface area contributed by atoms with Gasteiger partial charge in [-0.05, 0) is 68.9 Å². The normalized spacial score (nSPS) is 13.7. The fraction of sp³-hybridized carbons (Fsp3) is 0.143. The minimum Gasteiger partial charge on any atom is -0.486 e. The van der Waals surface area contributed by atoms with Crippen molar-refractivity contribution in [3.8, 4) is 11.5 Å². The average Bonchev–Trinajstić information content (AvgIpc) is 2.48. The first-order chi connectivity index (χ1) is 10.5. The van der Waals surface area contributed by atoms with E-state index in [2.05, 4.69) is 43.2 Å². The first-order valence-corrected chi connectivity index (χ1v) is 9.69. The van der Waals surface area contributed by atoms with Gasteiger partial charge in [0.05, 0.1) is 0 Å². The zero-order chi connectivity index (χ0) is 15.7. The molecular weight excluding hydrogens is 485 g/mol. The van der Waals surface area contributed by atoms with Crippen molar-refractivity contribution in [1.29, 1.82) is 0 Å². The third-order valence-electron chi connectivity index (χ3n) is 2.98. The predicted octanol–water partition coefficient (Wildman–Crippen LogP) is 3.63. The summed E-state index contributed by atoms with van der Waals surface area (Å²) in [5.41, 5.74) is 0.502. The van der Waals surface area contributed by atoms with Gasteiger partial charge in [0.2, 0.25) is 0 Å². The lowest BCUT2D eigenvalue weighted by atomic mass is 10.3. The Balaban J connectivity index is 1.96. The van der Waals surface area contributed by atoms with E-state index in [9.17, 15) is 8.42 Å². The highest BCUT2D eigenvalue weighted by molar-refractivity contribution is 14.1. The molecule has 5 nitrogen and oxygen atoms in total. The maximum atomic E-state index is 12.6. The van der Waals surface area contributed by atoms with E-state index >= 15 is 0 Å². The molecule has 0 aromatic heterocycles. The molecule has 0 saturated heterocycles. The van der Waals surface area contributed by atoms with Crippen LogP contribution in [0.25, 0.3) is 0 Å². The van der Waals surface area contributed by atoms with E-state index in [1.54, 1.807) is 18.2 Å². The zero-order valence-electron chi connectivity index (χ0n) is 11.2. The molecule has 116 valence electrons. The maximum Gasteiger partial charge on any atom is 0.263 e. The van der Waals surface area contributed by atoms with Gasteiger partial charge in [0.15, 0.2) is 11.5 Å². The Morgan fingerprint density at radius 3 is 2.27 bits per heavy atom. The van der Waals surface area contributed by atoms with E-state index in [0.29, 0.717) is 34.9 Å². The summed E-state index contributed by atoms with van der Waals surface area (Å²) >= 11 is 5.44. The van der Waals surface area contributed by atoms with Crippen LogP contribution in [0.5, 0.6) is 11.5 Å². The number of hydrogen-bond acceptors (Lipinski definition) is 4. The summed E-state index contributed by atoms with van der Waals surface area (Å²) in [7, 11) is -3.73.